The molecular weight excluding hydrogens is 164 g/mol. The molecule has 1 aromatic rings. The number of rotatable bonds is 5. The second-order valence-electron chi connectivity index (χ2n) is 2.95. The molecule has 0 fully saturated rings. The van der Waals surface area contributed by atoms with Gasteiger partial charge in [0.25, 0.3) is 0 Å². The highest BCUT2D eigenvalue weighted by atomic mass is 16.7. The van der Waals surface area contributed by atoms with Gasteiger partial charge < -0.3 is 9.47 Å². The molecule has 0 atom stereocenters. The maximum atomic E-state index is 5.32. The number of hydrogen-bond acceptors (Lipinski definition) is 2. The quantitative estimate of drug-likeness (QED) is 0.648. The van der Waals surface area contributed by atoms with Crippen LogP contribution in [0.5, 0.6) is 5.75 Å². The summed E-state index contributed by atoms with van der Waals surface area (Å²) in [5, 5.41) is 0. The average molecular weight is 180 g/mol. The van der Waals surface area contributed by atoms with E-state index < -0.39 is 0 Å². The third-order valence-corrected chi connectivity index (χ3v) is 1.78. The van der Waals surface area contributed by atoms with Crippen molar-refractivity contribution >= 4 is 0 Å². The van der Waals surface area contributed by atoms with Gasteiger partial charge in [-0.05, 0) is 24.1 Å². The van der Waals surface area contributed by atoms with Gasteiger partial charge in [-0.2, -0.15) is 0 Å². The summed E-state index contributed by atoms with van der Waals surface area (Å²) in [6.07, 6.45) is 2.26. The van der Waals surface area contributed by atoms with E-state index in [0.717, 1.165) is 18.6 Å². The summed E-state index contributed by atoms with van der Waals surface area (Å²) in [5.41, 5.74) is 1.32. The van der Waals surface area contributed by atoms with Crippen LogP contribution < -0.4 is 4.74 Å². The molecular formula is C11H16O2. The van der Waals surface area contributed by atoms with E-state index in [2.05, 4.69) is 19.1 Å². The third-order valence-electron chi connectivity index (χ3n) is 1.78. The van der Waals surface area contributed by atoms with E-state index in [4.69, 9.17) is 9.47 Å². The Balaban J connectivity index is 2.56. The smallest absolute Gasteiger partial charge is 0.188 e. The molecule has 13 heavy (non-hydrogen) atoms. The Morgan fingerprint density at radius 1 is 1.31 bits per heavy atom. The summed E-state index contributed by atoms with van der Waals surface area (Å²) < 4.78 is 10.1. The molecule has 0 amide bonds. The molecule has 0 aliphatic heterocycles. The molecule has 0 heterocycles. The van der Waals surface area contributed by atoms with Crippen LogP contribution in [0.25, 0.3) is 0 Å². The van der Waals surface area contributed by atoms with Crippen molar-refractivity contribution in [3.05, 3.63) is 29.8 Å². The normalized spacial score (nSPS) is 10.0. The van der Waals surface area contributed by atoms with Gasteiger partial charge >= 0.3 is 0 Å². The third kappa shape index (κ3) is 3.47. The Hall–Kier alpha value is -1.02. The van der Waals surface area contributed by atoms with Crippen molar-refractivity contribution in [1.29, 1.82) is 0 Å². The summed E-state index contributed by atoms with van der Waals surface area (Å²) in [6.45, 7) is 2.48. The van der Waals surface area contributed by atoms with E-state index >= 15 is 0 Å². The highest BCUT2D eigenvalue weighted by Crippen LogP contribution is 2.14. The summed E-state index contributed by atoms with van der Waals surface area (Å²) >= 11 is 0. The maximum absolute atomic E-state index is 5.32. The second-order valence-corrected chi connectivity index (χ2v) is 2.95. The maximum Gasteiger partial charge on any atom is 0.188 e. The Morgan fingerprint density at radius 3 is 2.85 bits per heavy atom. The van der Waals surface area contributed by atoms with Gasteiger partial charge in [0.05, 0.1) is 0 Å². The Bertz CT molecular complexity index is 246. The molecule has 0 unspecified atom stereocenters. The molecule has 0 aromatic heterocycles. The van der Waals surface area contributed by atoms with Crippen molar-refractivity contribution in [2.45, 2.75) is 19.8 Å². The largest absolute Gasteiger partial charge is 0.468 e. The highest BCUT2D eigenvalue weighted by Gasteiger charge is 1.95. The van der Waals surface area contributed by atoms with Crippen molar-refractivity contribution in [3.8, 4) is 5.75 Å². The monoisotopic (exact) mass is 180 g/mol. The fourth-order valence-electron chi connectivity index (χ4n) is 1.21. The molecule has 0 aliphatic carbocycles. The molecule has 0 spiro atoms. The van der Waals surface area contributed by atoms with Crippen LogP contribution in [-0.4, -0.2) is 13.9 Å². The Kier molecular flexibility index (Phi) is 4.33. The number of methoxy groups -OCH3 is 1. The first kappa shape index (κ1) is 10.1. The lowest BCUT2D eigenvalue weighted by Crippen LogP contribution is -1.99. The van der Waals surface area contributed by atoms with E-state index in [9.17, 15) is 0 Å². The van der Waals surface area contributed by atoms with Crippen molar-refractivity contribution in [3.63, 3.8) is 0 Å². The molecule has 2 nitrogen and oxygen atoms in total. The fraction of sp³-hybridized carbons (Fsp3) is 0.455. The molecule has 0 saturated carbocycles. The summed E-state index contributed by atoms with van der Waals surface area (Å²) in [7, 11) is 1.62. The number of ether oxygens (including phenoxy) is 2. The molecule has 1 aromatic carbocycles. The van der Waals surface area contributed by atoms with Gasteiger partial charge in [-0.1, -0.05) is 25.5 Å². The SMILES string of the molecule is CCCc1cccc(OCOC)c1. The lowest BCUT2D eigenvalue weighted by molar-refractivity contribution is 0.0511. The summed E-state index contributed by atoms with van der Waals surface area (Å²) in [4.78, 5) is 0. The van der Waals surface area contributed by atoms with Gasteiger partial charge in [-0.25, -0.2) is 0 Å². The first-order chi connectivity index (χ1) is 6.36. The van der Waals surface area contributed by atoms with E-state index in [1.807, 2.05) is 12.1 Å². The van der Waals surface area contributed by atoms with Crippen molar-refractivity contribution in [2.24, 2.45) is 0 Å². The molecule has 2 heteroatoms. The topological polar surface area (TPSA) is 18.5 Å². The van der Waals surface area contributed by atoms with Crippen LogP contribution in [0.2, 0.25) is 0 Å². The number of benzene rings is 1. The summed E-state index contributed by atoms with van der Waals surface area (Å²) in [5.74, 6) is 0.882. The predicted octanol–water partition coefficient (Wildman–Crippen LogP) is 2.62. The van der Waals surface area contributed by atoms with Crippen molar-refractivity contribution in [2.75, 3.05) is 13.9 Å². The first-order valence-corrected chi connectivity index (χ1v) is 4.57. The van der Waals surface area contributed by atoms with E-state index in [1.54, 1.807) is 7.11 Å². The van der Waals surface area contributed by atoms with E-state index in [0.29, 0.717) is 6.79 Å². The van der Waals surface area contributed by atoms with Gasteiger partial charge in [0.2, 0.25) is 0 Å². The summed E-state index contributed by atoms with van der Waals surface area (Å²) in [6, 6.07) is 8.12. The second kappa shape index (κ2) is 5.60. The lowest BCUT2D eigenvalue weighted by Gasteiger charge is -2.05. The van der Waals surface area contributed by atoms with Crippen LogP contribution in [-0.2, 0) is 11.2 Å². The minimum atomic E-state index is 0.315. The molecule has 0 N–H and O–H groups in total. The van der Waals surface area contributed by atoms with Gasteiger partial charge in [0, 0.05) is 7.11 Å². The van der Waals surface area contributed by atoms with Crippen LogP contribution in [0.15, 0.2) is 24.3 Å². The van der Waals surface area contributed by atoms with Crippen molar-refractivity contribution in [1.82, 2.24) is 0 Å². The van der Waals surface area contributed by atoms with Crippen molar-refractivity contribution < 1.29 is 9.47 Å². The van der Waals surface area contributed by atoms with E-state index in [1.165, 1.54) is 5.56 Å². The lowest BCUT2D eigenvalue weighted by atomic mass is 10.1. The first-order valence-electron chi connectivity index (χ1n) is 4.57. The van der Waals surface area contributed by atoms with Gasteiger partial charge in [-0.15, -0.1) is 0 Å². The van der Waals surface area contributed by atoms with Crippen LogP contribution in [0, 0.1) is 0 Å². The standard InChI is InChI=1S/C11H16O2/c1-3-5-10-6-4-7-11(8-10)13-9-12-2/h4,6-8H,3,5,9H2,1-2H3. The fourth-order valence-corrected chi connectivity index (χ4v) is 1.21. The molecule has 0 aliphatic rings. The highest BCUT2D eigenvalue weighted by molar-refractivity contribution is 5.28. The molecule has 0 bridgehead atoms. The zero-order valence-corrected chi connectivity index (χ0v) is 8.25. The molecule has 0 saturated heterocycles. The predicted molar refractivity (Wildman–Crippen MR) is 52.9 cm³/mol. The van der Waals surface area contributed by atoms with Crippen LogP contribution in [0.4, 0.5) is 0 Å². The molecule has 72 valence electrons. The van der Waals surface area contributed by atoms with E-state index in [-0.39, 0.29) is 0 Å². The average Bonchev–Trinajstić information content (AvgIpc) is 2.16. The zero-order valence-electron chi connectivity index (χ0n) is 8.25. The van der Waals surface area contributed by atoms with Gasteiger partial charge in [0.1, 0.15) is 5.75 Å². The molecule has 0 radical (unpaired) electrons. The minimum absolute atomic E-state index is 0.315. The zero-order chi connectivity index (χ0) is 9.52. The number of aryl methyl sites for hydroxylation is 1. The molecule has 1 rings (SSSR count). The van der Waals surface area contributed by atoms with Crippen LogP contribution in [0.3, 0.4) is 0 Å². The Morgan fingerprint density at radius 2 is 2.15 bits per heavy atom. The van der Waals surface area contributed by atoms with Gasteiger partial charge in [0.15, 0.2) is 6.79 Å². The Labute approximate surface area is 79.5 Å². The number of hydrogen-bond donors (Lipinski definition) is 0. The van der Waals surface area contributed by atoms with Crippen LogP contribution in [0.1, 0.15) is 18.9 Å². The van der Waals surface area contributed by atoms with Crippen LogP contribution >= 0.6 is 0 Å². The minimum Gasteiger partial charge on any atom is -0.468 e. The van der Waals surface area contributed by atoms with Gasteiger partial charge in [-0.3, -0.25) is 0 Å².